The van der Waals surface area contributed by atoms with Gasteiger partial charge < -0.3 is 10.6 Å². The van der Waals surface area contributed by atoms with Gasteiger partial charge in [0.25, 0.3) is 5.91 Å². The standard InChI is InChI=1S/C21H25N3O4S/c1-15(25)22-17-9-7-16(8-10-17)21(26)23-18-11-13-20(14-12-18)29(27,28)24-19-5-3-2-4-6-19/h7-14,19,24H,2-6H2,1H3,(H,22,25)(H,23,26). The quantitative estimate of drug-likeness (QED) is 0.671. The monoisotopic (exact) mass is 415 g/mol. The lowest BCUT2D eigenvalue weighted by atomic mass is 9.96. The van der Waals surface area contributed by atoms with E-state index in [9.17, 15) is 18.0 Å². The number of carbonyl (C=O) groups excluding carboxylic acids is 2. The normalized spacial score (nSPS) is 14.9. The molecule has 0 heterocycles. The van der Waals surface area contributed by atoms with E-state index in [-0.39, 0.29) is 22.8 Å². The summed E-state index contributed by atoms with van der Waals surface area (Å²) in [5.41, 5.74) is 1.53. The first-order valence-corrected chi connectivity index (χ1v) is 11.1. The Balaban J connectivity index is 1.62. The average Bonchev–Trinajstić information content (AvgIpc) is 2.69. The summed E-state index contributed by atoms with van der Waals surface area (Å²) in [5.74, 6) is -0.509. The van der Waals surface area contributed by atoms with Crippen molar-refractivity contribution >= 4 is 33.2 Å². The molecule has 0 aliphatic heterocycles. The summed E-state index contributed by atoms with van der Waals surface area (Å²) in [5, 5.41) is 5.37. The molecule has 29 heavy (non-hydrogen) atoms. The Bertz CT molecular complexity index is 964. The van der Waals surface area contributed by atoms with Gasteiger partial charge in [0, 0.05) is 29.9 Å². The maximum Gasteiger partial charge on any atom is 0.255 e. The molecule has 2 amide bonds. The molecular weight excluding hydrogens is 390 g/mol. The molecule has 8 heteroatoms. The van der Waals surface area contributed by atoms with Crippen LogP contribution >= 0.6 is 0 Å². The lowest BCUT2D eigenvalue weighted by Crippen LogP contribution is -2.36. The number of rotatable bonds is 6. The molecular formula is C21H25N3O4S. The summed E-state index contributed by atoms with van der Waals surface area (Å²) in [6.07, 6.45) is 4.98. The molecule has 3 rings (SSSR count). The summed E-state index contributed by atoms with van der Waals surface area (Å²) in [6, 6.07) is 12.6. The Hall–Kier alpha value is -2.71. The molecule has 0 unspecified atom stereocenters. The van der Waals surface area contributed by atoms with Gasteiger partial charge in [-0.15, -0.1) is 0 Å². The van der Waals surface area contributed by atoms with Gasteiger partial charge in [-0.25, -0.2) is 13.1 Å². The molecule has 0 spiro atoms. The largest absolute Gasteiger partial charge is 0.326 e. The molecule has 1 fully saturated rings. The van der Waals surface area contributed by atoms with Crippen molar-refractivity contribution < 1.29 is 18.0 Å². The van der Waals surface area contributed by atoms with Gasteiger partial charge in [0.05, 0.1) is 4.90 Å². The molecule has 154 valence electrons. The highest BCUT2D eigenvalue weighted by atomic mass is 32.2. The molecule has 2 aromatic rings. The van der Waals surface area contributed by atoms with E-state index in [0.717, 1.165) is 32.1 Å². The fourth-order valence-electron chi connectivity index (χ4n) is 3.34. The highest BCUT2D eigenvalue weighted by molar-refractivity contribution is 7.89. The fraction of sp³-hybridized carbons (Fsp3) is 0.333. The SMILES string of the molecule is CC(=O)Nc1ccc(C(=O)Nc2ccc(S(=O)(=O)NC3CCCCC3)cc2)cc1. The van der Waals surface area contributed by atoms with Gasteiger partial charge in [0.1, 0.15) is 0 Å². The fourth-order valence-corrected chi connectivity index (χ4v) is 4.64. The Morgan fingerprint density at radius 2 is 1.38 bits per heavy atom. The zero-order valence-corrected chi connectivity index (χ0v) is 17.1. The first-order valence-electron chi connectivity index (χ1n) is 9.65. The van der Waals surface area contributed by atoms with E-state index in [4.69, 9.17) is 0 Å². The van der Waals surface area contributed by atoms with E-state index in [1.165, 1.54) is 19.1 Å². The number of hydrogen-bond acceptors (Lipinski definition) is 4. The van der Waals surface area contributed by atoms with Crippen LogP contribution in [-0.2, 0) is 14.8 Å². The zero-order valence-electron chi connectivity index (χ0n) is 16.3. The molecule has 0 bridgehead atoms. The first kappa shape index (κ1) is 21.0. The number of carbonyl (C=O) groups is 2. The molecule has 0 aromatic heterocycles. The van der Waals surface area contributed by atoms with E-state index in [2.05, 4.69) is 15.4 Å². The Morgan fingerprint density at radius 1 is 0.828 bits per heavy atom. The van der Waals surface area contributed by atoms with Gasteiger partial charge >= 0.3 is 0 Å². The lowest BCUT2D eigenvalue weighted by Gasteiger charge is -2.22. The molecule has 0 radical (unpaired) electrons. The van der Waals surface area contributed by atoms with Gasteiger partial charge in [-0.05, 0) is 61.4 Å². The molecule has 7 nitrogen and oxygen atoms in total. The van der Waals surface area contributed by atoms with Crippen molar-refractivity contribution in [1.82, 2.24) is 4.72 Å². The average molecular weight is 416 g/mol. The summed E-state index contributed by atoms with van der Waals surface area (Å²) < 4.78 is 27.8. The molecule has 0 atom stereocenters. The second kappa shape index (κ2) is 9.19. The Kier molecular flexibility index (Phi) is 6.66. The van der Waals surface area contributed by atoms with Crippen molar-refractivity contribution in [2.45, 2.75) is 50.0 Å². The predicted molar refractivity (Wildman–Crippen MR) is 112 cm³/mol. The number of nitrogens with one attached hydrogen (secondary N) is 3. The second-order valence-electron chi connectivity index (χ2n) is 7.19. The highest BCUT2D eigenvalue weighted by Gasteiger charge is 2.21. The van der Waals surface area contributed by atoms with E-state index in [0.29, 0.717) is 16.9 Å². The van der Waals surface area contributed by atoms with Crippen molar-refractivity contribution in [2.24, 2.45) is 0 Å². The van der Waals surface area contributed by atoms with Crippen LogP contribution in [0.3, 0.4) is 0 Å². The summed E-state index contributed by atoms with van der Waals surface area (Å²) in [4.78, 5) is 23.6. The van der Waals surface area contributed by atoms with E-state index in [1.807, 2.05) is 0 Å². The molecule has 1 saturated carbocycles. The smallest absolute Gasteiger partial charge is 0.255 e. The number of benzene rings is 2. The van der Waals surface area contributed by atoms with Crippen LogP contribution in [0.2, 0.25) is 0 Å². The van der Waals surface area contributed by atoms with Crippen molar-refractivity contribution in [3.8, 4) is 0 Å². The third-order valence-corrected chi connectivity index (χ3v) is 6.35. The van der Waals surface area contributed by atoms with Crippen LogP contribution in [0.4, 0.5) is 11.4 Å². The summed E-state index contributed by atoms with van der Waals surface area (Å²) in [7, 11) is -3.57. The minimum atomic E-state index is -3.57. The van der Waals surface area contributed by atoms with Crippen molar-refractivity contribution in [2.75, 3.05) is 10.6 Å². The number of anilines is 2. The molecule has 2 aromatic carbocycles. The molecule has 1 aliphatic carbocycles. The predicted octanol–water partition coefficient (Wildman–Crippen LogP) is 3.51. The number of hydrogen-bond donors (Lipinski definition) is 3. The van der Waals surface area contributed by atoms with E-state index < -0.39 is 10.0 Å². The van der Waals surface area contributed by atoms with Crippen molar-refractivity contribution in [3.63, 3.8) is 0 Å². The Labute approximate surface area is 171 Å². The van der Waals surface area contributed by atoms with Crippen LogP contribution in [0.1, 0.15) is 49.4 Å². The van der Waals surface area contributed by atoms with Crippen molar-refractivity contribution in [3.05, 3.63) is 54.1 Å². The number of sulfonamides is 1. The maximum absolute atomic E-state index is 12.5. The minimum absolute atomic E-state index is 0.00593. The van der Waals surface area contributed by atoms with Crippen molar-refractivity contribution in [1.29, 1.82) is 0 Å². The topological polar surface area (TPSA) is 104 Å². The van der Waals surface area contributed by atoms with Gasteiger partial charge in [-0.2, -0.15) is 0 Å². The van der Waals surface area contributed by atoms with Crippen LogP contribution < -0.4 is 15.4 Å². The summed E-state index contributed by atoms with van der Waals surface area (Å²) in [6.45, 7) is 1.41. The van der Waals surface area contributed by atoms with Crippen LogP contribution in [0.25, 0.3) is 0 Å². The third kappa shape index (κ3) is 5.88. The third-order valence-electron chi connectivity index (χ3n) is 4.82. The van der Waals surface area contributed by atoms with Crippen LogP contribution in [0, 0.1) is 0 Å². The van der Waals surface area contributed by atoms with Crippen LogP contribution in [0.15, 0.2) is 53.4 Å². The lowest BCUT2D eigenvalue weighted by molar-refractivity contribution is -0.114. The van der Waals surface area contributed by atoms with Crippen LogP contribution in [0.5, 0.6) is 0 Å². The summed E-state index contributed by atoms with van der Waals surface area (Å²) >= 11 is 0. The van der Waals surface area contributed by atoms with Gasteiger partial charge in [-0.3, -0.25) is 9.59 Å². The Morgan fingerprint density at radius 3 is 1.97 bits per heavy atom. The minimum Gasteiger partial charge on any atom is -0.326 e. The maximum atomic E-state index is 12.5. The van der Waals surface area contributed by atoms with Gasteiger partial charge in [0.2, 0.25) is 15.9 Å². The van der Waals surface area contributed by atoms with Gasteiger partial charge in [-0.1, -0.05) is 19.3 Å². The molecule has 3 N–H and O–H groups in total. The second-order valence-corrected chi connectivity index (χ2v) is 8.91. The number of amides is 2. The highest BCUT2D eigenvalue weighted by Crippen LogP contribution is 2.21. The molecule has 0 saturated heterocycles. The van der Waals surface area contributed by atoms with E-state index in [1.54, 1.807) is 36.4 Å². The van der Waals surface area contributed by atoms with Crippen LogP contribution in [-0.4, -0.2) is 26.3 Å². The van der Waals surface area contributed by atoms with E-state index >= 15 is 0 Å². The zero-order chi connectivity index (χ0) is 20.9. The first-order chi connectivity index (χ1) is 13.8. The molecule has 1 aliphatic rings. The van der Waals surface area contributed by atoms with Gasteiger partial charge in [0.15, 0.2) is 0 Å².